The van der Waals surface area contributed by atoms with Crippen molar-refractivity contribution in [3.63, 3.8) is 0 Å². The lowest BCUT2D eigenvalue weighted by Crippen LogP contribution is -2.17. The van der Waals surface area contributed by atoms with E-state index in [-0.39, 0.29) is 5.69 Å². The topological polar surface area (TPSA) is 77.5 Å². The molecule has 0 saturated heterocycles. The van der Waals surface area contributed by atoms with Crippen LogP contribution in [-0.4, -0.2) is 10.6 Å². The van der Waals surface area contributed by atoms with Gasteiger partial charge in [0.2, 0.25) is 0 Å². The number of amides is 1. The summed E-state index contributed by atoms with van der Waals surface area (Å²) in [6, 6.07) is 4.10. The molecule has 0 fully saturated rings. The first-order valence-corrected chi connectivity index (χ1v) is 4.45. The number of aromatic nitrogens is 1. The van der Waals surface area contributed by atoms with Gasteiger partial charge in [0.15, 0.2) is 0 Å². The quantitative estimate of drug-likeness (QED) is 0.755. The zero-order chi connectivity index (χ0) is 11.0. The van der Waals surface area contributed by atoms with E-state index in [2.05, 4.69) is 5.18 Å². The summed E-state index contributed by atoms with van der Waals surface area (Å²) in [7, 11) is 0. The zero-order valence-electron chi connectivity index (χ0n) is 7.48. The molecule has 0 radical (unpaired) electrons. The molecule has 2 aromatic rings. The van der Waals surface area contributed by atoms with Crippen LogP contribution >= 0.6 is 11.6 Å². The molecule has 0 bridgehead atoms. The van der Waals surface area contributed by atoms with Gasteiger partial charge in [-0.2, -0.15) is 0 Å². The molecule has 1 amide bonds. The van der Waals surface area contributed by atoms with Crippen LogP contribution < -0.4 is 5.73 Å². The molecule has 1 aromatic carbocycles. The molecule has 1 aromatic heterocycles. The number of primary amides is 1. The minimum Gasteiger partial charge on any atom is -0.351 e. The van der Waals surface area contributed by atoms with Gasteiger partial charge in [0.05, 0.1) is 5.52 Å². The highest BCUT2D eigenvalue weighted by Crippen LogP contribution is 2.29. The van der Waals surface area contributed by atoms with Gasteiger partial charge in [-0.05, 0) is 23.4 Å². The van der Waals surface area contributed by atoms with Crippen LogP contribution in [0.2, 0.25) is 5.02 Å². The van der Waals surface area contributed by atoms with E-state index in [9.17, 15) is 9.70 Å². The van der Waals surface area contributed by atoms with Gasteiger partial charge in [0, 0.05) is 16.6 Å². The Morgan fingerprint density at radius 1 is 1.47 bits per heavy atom. The average molecular weight is 224 g/mol. The van der Waals surface area contributed by atoms with Crippen LogP contribution in [0.1, 0.15) is 0 Å². The lowest BCUT2D eigenvalue weighted by atomic mass is 10.2. The number of nitroso groups, excluding NO2 is 1. The minimum absolute atomic E-state index is 0.167. The highest BCUT2D eigenvalue weighted by atomic mass is 35.5. The smallest absolute Gasteiger partial charge is 0.323 e. The Labute approximate surface area is 89.4 Å². The second-order valence-corrected chi connectivity index (χ2v) is 3.41. The molecule has 0 aliphatic heterocycles. The van der Waals surface area contributed by atoms with Crippen molar-refractivity contribution in [2.75, 3.05) is 0 Å². The van der Waals surface area contributed by atoms with E-state index in [1.165, 1.54) is 6.20 Å². The van der Waals surface area contributed by atoms with Gasteiger partial charge in [0.25, 0.3) is 0 Å². The van der Waals surface area contributed by atoms with Crippen LogP contribution in [-0.2, 0) is 0 Å². The van der Waals surface area contributed by atoms with Crippen molar-refractivity contribution in [1.82, 2.24) is 4.57 Å². The van der Waals surface area contributed by atoms with Crippen LogP contribution in [0.3, 0.4) is 0 Å². The number of hydrogen-bond acceptors (Lipinski definition) is 3. The molecule has 76 valence electrons. The van der Waals surface area contributed by atoms with E-state index < -0.39 is 6.03 Å². The second-order valence-electron chi connectivity index (χ2n) is 2.98. The van der Waals surface area contributed by atoms with Crippen molar-refractivity contribution in [2.45, 2.75) is 0 Å². The summed E-state index contributed by atoms with van der Waals surface area (Å²) in [5.74, 6) is 0. The molecule has 0 saturated carbocycles. The van der Waals surface area contributed by atoms with Gasteiger partial charge in [-0.15, -0.1) is 4.91 Å². The van der Waals surface area contributed by atoms with Gasteiger partial charge in [-0.1, -0.05) is 11.6 Å². The zero-order valence-corrected chi connectivity index (χ0v) is 8.23. The van der Waals surface area contributed by atoms with E-state index in [0.717, 1.165) is 4.57 Å². The molecular weight excluding hydrogens is 218 g/mol. The molecule has 0 atom stereocenters. The third kappa shape index (κ3) is 1.46. The van der Waals surface area contributed by atoms with Gasteiger partial charge >= 0.3 is 6.03 Å². The average Bonchev–Trinajstić information content (AvgIpc) is 2.55. The molecule has 0 aliphatic carbocycles. The van der Waals surface area contributed by atoms with Gasteiger partial charge < -0.3 is 5.73 Å². The fourth-order valence-electron chi connectivity index (χ4n) is 1.44. The van der Waals surface area contributed by atoms with E-state index in [4.69, 9.17) is 17.3 Å². The number of nitrogens with two attached hydrogens (primary N) is 1. The summed E-state index contributed by atoms with van der Waals surface area (Å²) >= 11 is 5.77. The monoisotopic (exact) mass is 223 g/mol. The minimum atomic E-state index is -0.683. The standard InChI is InChI=1S/C9H6ClN3O2/c10-5-1-2-6-7(12-15)4-13(9(11)14)8(6)3-5/h1-4H,(H2,11,14). The van der Waals surface area contributed by atoms with Crippen molar-refractivity contribution in [1.29, 1.82) is 0 Å². The van der Waals surface area contributed by atoms with E-state index in [1.807, 2.05) is 0 Å². The summed E-state index contributed by atoms with van der Waals surface area (Å²) < 4.78 is 1.14. The Balaban J connectivity index is 2.87. The predicted molar refractivity (Wildman–Crippen MR) is 57.4 cm³/mol. The lowest BCUT2D eigenvalue weighted by molar-refractivity contribution is 0.251. The molecular formula is C9H6ClN3O2. The van der Waals surface area contributed by atoms with Crippen LogP contribution in [0.4, 0.5) is 10.5 Å². The van der Waals surface area contributed by atoms with Crippen LogP contribution in [0.15, 0.2) is 29.6 Å². The van der Waals surface area contributed by atoms with Gasteiger partial charge in [-0.3, -0.25) is 4.57 Å². The number of hydrogen-bond donors (Lipinski definition) is 1. The Kier molecular flexibility index (Phi) is 2.17. The Morgan fingerprint density at radius 2 is 2.20 bits per heavy atom. The van der Waals surface area contributed by atoms with Crippen LogP contribution in [0.25, 0.3) is 10.9 Å². The predicted octanol–water partition coefficient (Wildman–Crippen LogP) is 2.62. The Morgan fingerprint density at radius 3 is 2.80 bits per heavy atom. The first-order chi connectivity index (χ1) is 7.13. The summed E-state index contributed by atoms with van der Waals surface area (Å²) in [6.45, 7) is 0. The maximum atomic E-state index is 11.1. The fourth-order valence-corrected chi connectivity index (χ4v) is 1.60. The number of benzene rings is 1. The number of nitrogens with zero attached hydrogens (tertiary/aromatic N) is 2. The van der Waals surface area contributed by atoms with Crippen LogP contribution in [0, 0.1) is 4.91 Å². The van der Waals surface area contributed by atoms with Crippen molar-refractivity contribution in [3.8, 4) is 0 Å². The maximum absolute atomic E-state index is 11.1. The molecule has 0 aliphatic rings. The number of carbonyl (C=O) groups is 1. The number of carbonyl (C=O) groups excluding carboxylic acids is 1. The maximum Gasteiger partial charge on any atom is 0.323 e. The largest absolute Gasteiger partial charge is 0.351 e. The normalized spacial score (nSPS) is 10.5. The summed E-state index contributed by atoms with van der Waals surface area (Å²) in [4.78, 5) is 21.5. The molecule has 0 spiro atoms. The highest BCUT2D eigenvalue weighted by Gasteiger charge is 2.12. The molecule has 2 N–H and O–H groups in total. The van der Waals surface area contributed by atoms with Gasteiger partial charge in [-0.25, -0.2) is 4.79 Å². The lowest BCUT2D eigenvalue weighted by Gasteiger charge is -1.98. The van der Waals surface area contributed by atoms with E-state index in [1.54, 1.807) is 18.2 Å². The second kappa shape index (κ2) is 3.36. The number of halogens is 1. The summed E-state index contributed by atoms with van der Waals surface area (Å²) in [6.07, 6.45) is 1.29. The summed E-state index contributed by atoms with van der Waals surface area (Å²) in [5, 5.41) is 3.82. The Bertz CT molecular complexity index is 562. The van der Waals surface area contributed by atoms with Crippen LogP contribution in [0.5, 0.6) is 0 Å². The van der Waals surface area contributed by atoms with Gasteiger partial charge in [0.1, 0.15) is 5.69 Å². The van der Waals surface area contributed by atoms with Crippen molar-refractivity contribution < 1.29 is 4.79 Å². The third-order valence-corrected chi connectivity index (χ3v) is 2.32. The van der Waals surface area contributed by atoms with Crippen molar-refractivity contribution >= 4 is 34.2 Å². The first-order valence-electron chi connectivity index (χ1n) is 4.07. The van der Waals surface area contributed by atoms with E-state index in [0.29, 0.717) is 15.9 Å². The molecule has 1 heterocycles. The SMILES string of the molecule is NC(=O)n1cc(N=O)c2ccc(Cl)cc21. The summed E-state index contributed by atoms with van der Waals surface area (Å²) in [5.41, 5.74) is 5.78. The molecule has 2 rings (SSSR count). The van der Waals surface area contributed by atoms with Crippen molar-refractivity contribution in [3.05, 3.63) is 34.3 Å². The number of fused-ring (bicyclic) bond motifs is 1. The fraction of sp³-hybridized carbons (Fsp3) is 0. The molecule has 15 heavy (non-hydrogen) atoms. The Hall–Kier alpha value is -1.88. The third-order valence-electron chi connectivity index (χ3n) is 2.08. The molecule has 5 nitrogen and oxygen atoms in total. The van der Waals surface area contributed by atoms with E-state index >= 15 is 0 Å². The number of rotatable bonds is 1. The molecule has 0 unspecified atom stereocenters. The first kappa shape index (κ1) is 9.67. The highest BCUT2D eigenvalue weighted by molar-refractivity contribution is 6.31. The van der Waals surface area contributed by atoms with Crippen molar-refractivity contribution in [2.24, 2.45) is 10.9 Å². The molecule has 6 heteroatoms.